The van der Waals surface area contributed by atoms with Crippen molar-refractivity contribution >= 4 is 11.8 Å². The molecule has 1 aromatic heterocycles. The quantitative estimate of drug-likeness (QED) is 0.828. The number of carbonyl (C=O) groups excluding carboxylic acids is 2. The second-order valence-corrected chi connectivity index (χ2v) is 6.68. The highest BCUT2D eigenvalue weighted by Crippen LogP contribution is 2.28. The summed E-state index contributed by atoms with van der Waals surface area (Å²) in [6, 6.07) is 10.8. The number of methoxy groups -OCH3 is 2. The van der Waals surface area contributed by atoms with Crippen molar-refractivity contribution < 1.29 is 19.1 Å². The van der Waals surface area contributed by atoms with Crippen LogP contribution < -0.4 is 14.8 Å². The second-order valence-electron chi connectivity index (χ2n) is 6.68. The number of amides is 2. The number of benzene rings is 1. The maximum Gasteiger partial charge on any atom is 0.253 e. The third-order valence-corrected chi connectivity index (χ3v) is 4.95. The summed E-state index contributed by atoms with van der Waals surface area (Å²) in [7, 11) is 3.10. The maximum atomic E-state index is 12.8. The van der Waals surface area contributed by atoms with Crippen molar-refractivity contribution in [3.05, 3.63) is 53.9 Å². The first kappa shape index (κ1) is 19.7. The summed E-state index contributed by atoms with van der Waals surface area (Å²) in [5, 5.41) is 2.94. The fraction of sp³-hybridized carbons (Fsp3) is 0.381. The van der Waals surface area contributed by atoms with Gasteiger partial charge in [0, 0.05) is 30.8 Å². The molecule has 3 rings (SSSR count). The van der Waals surface area contributed by atoms with E-state index in [1.807, 2.05) is 18.2 Å². The molecule has 1 aliphatic heterocycles. The van der Waals surface area contributed by atoms with Crippen molar-refractivity contribution in [3.63, 3.8) is 0 Å². The predicted octanol–water partition coefficient (Wildman–Crippen LogP) is 2.27. The summed E-state index contributed by atoms with van der Waals surface area (Å²) in [6.07, 6.45) is 3.00. The lowest BCUT2D eigenvalue weighted by Gasteiger charge is -2.31. The molecule has 0 atom stereocenters. The molecule has 7 heteroatoms. The van der Waals surface area contributed by atoms with Gasteiger partial charge in [-0.1, -0.05) is 6.07 Å². The van der Waals surface area contributed by atoms with Gasteiger partial charge in [0.05, 0.1) is 26.5 Å². The molecule has 1 aliphatic rings. The zero-order chi connectivity index (χ0) is 19.9. The topological polar surface area (TPSA) is 80.8 Å². The largest absolute Gasteiger partial charge is 0.493 e. The number of ether oxygens (including phenoxy) is 2. The predicted molar refractivity (Wildman–Crippen MR) is 104 cm³/mol. The number of aromatic nitrogens is 1. The normalized spacial score (nSPS) is 14.4. The number of rotatable bonds is 6. The standard InChI is InChI=1S/C21H25N3O4/c1-27-18-7-6-16(13-19(18)28-2)21(26)24-11-8-15(9-12-24)20(25)23-14-17-5-3-4-10-22-17/h3-7,10,13,15H,8-9,11-12,14H2,1-2H3,(H,23,25). The molecule has 0 saturated carbocycles. The van der Waals surface area contributed by atoms with Crippen LogP contribution in [0.4, 0.5) is 0 Å². The number of hydrogen-bond acceptors (Lipinski definition) is 5. The lowest BCUT2D eigenvalue weighted by molar-refractivity contribution is -0.126. The molecule has 1 N–H and O–H groups in total. The maximum absolute atomic E-state index is 12.8. The molecule has 2 amide bonds. The van der Waals surface area contributed by atoms with Crippen molar-refractivity contribution in [1.82, 2.24) is 15.2 Å². The van der Waals surface area contributed by atoms with Crippen molar-refractivity contribution in [2.24, 2.45) is 5.92 Å². The lowest BCUT2D eigenvalue weighted by Crippen LogP contribution is -2.43. The molecule has 148 valence electrons. The summed E-state index contributed by atoms with van der Waals surface area (Å²) in [5.74, 6) is 0.981. The van der Waals surface area contributed by atoms with E-state index < -0.39 is 0 Å². The Morgan fingerprint density at radius 3 is 2.50 bits per heavy atom. The zero-order valence-corrected chi connectivity index (χ0v) is 16.2. The second kappa shape index (κ2) is 9.21. The van der Waals surface area contributed by atoms with E-state index in [1.165, 1.54) is 0 Å². The average molecular weight is 383 g/mol. The van der Waals surface area contributed by atoms with Crippen LogP contribution in [0.2, 0.25) is 0 Å². The Morgan fingerprint density at radius 1 is 1.11 bits per heavy atom. The van der Waals surface area contributed by atoms with Gasteiger partial charge in [0.2, 0.25) is 5.91 Å². The Hall–Kier alpha value is -3.09. The van der Waals surface area contributed by atoms with Gasteiger partial charge in [0.1, 0.15) is 0 Å². The number of carbonyl (C=O) groups is 2. The van der Waals surface area contributed by atoms with E-state index in [1.54, 1.807) is 43.5 Å². The number of nitrogens with one attached hydrogen (secondary N) is 1. The molecule has 2 aromatic rings. The molecular formula is C21H25N3O4. The van der Waals surface area contributed by atoms with Crippen LogP contribution in [-0.2, 0) is 11.3 Å². The van der Waals surface area contributed by atoms with Crippen LogP contribution in [0.5, 0.6) is 11.5 Å². The van der Waals surface area contributed by atoms with Gasteiger partial charge in [-0.3, -0.25) is 14.6 Å². The van der Waals surface area contributed by atoms with E-state index >= 15 is 0 Å². The van der Waals surface area contributed by atoms with Gasteiger partial charge >= 0.3 is 0 Å². The molecular weight excluding hydrogens is 358 g/mol. The minimum atomic E-state index is -0.0850. The molecule has 0 unspecified atom stereocenters. The first-order chi connectivity index (χ1) is 13.6. The molecule has 0 aliphatic carbocycles. The highest BCUT2D eigenvalue weighted by molar-refractivity contribution is 5.95. The summed E-state index contributed by atoms with van der Waals surface area (Å²) in [4.78, 5) is 31.2. The number of likely N-dealkylation sites (tertiary alicyclic amines) is 1. The molecule has 0 radical (unpaired) electrons. The Labute approximate surface area is 164 Å². The summed E-state index contributed by atoms with van der Waals surface area (Å²) < 4.78 is 10.5. The van der Waals surface area contributed by atoms with Crippen molar-refractivity contribution in [3.8, 4) is 11.5 Å². The van der Waals surface area contributed by atoms with Crippen molar-refractivity contribution in [2.45, 2.75) is 19.4 Å². The molecule has 28 heavy (non-hydrogen) atoms. The van der Waals surface area contributed by atoms with E-state index in [0.717, 1.165) is 5.69 Å². The van der Waals surface area contributed by atoms with E-state index in [9.17, 15) is 9.59 Å². The van der Waals surface area contributed by atoms with Crippen LogP contribution >= 0.6 is 0 Å². The number of nitrogens with zero attached hydrogens (tertiary/aromatic N) is 2. The van der Waals surface area contributed by atoms with Gasteiger partial charge in [-0.2, -0.15) is 0 Å². The smallest absolute Gasteiger partial charge is 0.253 e. The summed E-state index contributed by atoms with van der Waals surface area (Å²) >= 11 is 0. The van der Waals surface area contributed by atoms with E-state index in [4.69, 9.17) is 9.47 Å². The third kappa shape index (κ3) is 4.60. The lowest BCUT2D eigenvalue weighted by atomic mass is 9.95. The minimum Gasteiger partial charge on any atom is -0.493 e. The fourth-order valence-electron chi connectivity index (χ4n) is 3.32. The molecule has 0 bridgehead atoms. The van der Waals surface area contributed by atoms with Gasteiger partial charge < -0.3 is 19.7 Å². The van der Waals surface area contributed by atoms with Crippen LogP contribution in [0, 0.1) is 5.92 Å². The average Bonchev–Trinajstić information content (AvgIpc) is 2.77. The van der Waals surface area contributed by atoms with Crippen molar-refractivity contribution in [2.75, 3.05) is 27.3 Å². The number of hydrogen-bond donors (Lipinski definition) is 1. The van der Waals surface area contributed by atoms with Crippen LogP contribution in [0.1, 0.15) is 28.9 Å². The highest BCUT2D eigenvalue weighted by Gasteiger charge is 2.28. The first-order valence-corrected chi connectivity index (χ1v) is 9.31. The highest BCUT2D eigenvalue weighted by atomic mass is 16.5. The Morgan fingerprint density at radius 2 is 1.86 bits per heavy atom. The third-order valence-electron chi connectivity index (χ3n) is 4.95. The molecule has 1 aromatic carbocycles. The van der Waals surface area contributed by atoms with Crippen LogP contribution in [0.3, 0.4) is 0 Å². The monoisotopic (exact) mass is 383 g/mol. The minimum absolute atomic E-state index is 0.0175. The Bertz CT molecular complexity index is 818. The van der Waals surface area contributed by atoms with Gasteiger partial charge in [-0.05, 0) is 43.2 Å². The van der Waals surface area contributed by atoms with Crippen LogP contribution in [0.25, 0.3) is 0 Å². The van der Waals surface area contributed by atoms with E-state index in [0.29, 0.717) is 49.5 Å². The van der Waals surface area contributed by atoms with Gasteiger partial charge in [-0.25, -0.2) is 0 Å². The van der Waals surface area contributed by atoms with Gasteiger partial charge in [0.15, 0.2) is 11.5 Å². The Kier molecular flexibility index (Phi) is 6.47. The Balaban J connectivity index is 1.53. The summed E-state index contributed by atoms with van der Waals surface area (Å²) in [6.45, 7) is 1.52. The molecule has 1 saturated heterocycles. The summed E-state index contributed by atoms with van der Waals surface area (Å²) in [5.41, 5.74) is 1.38. The molecule has 7 nitrogen and oxygen atoms in total. The number of piperidine rings is 1. The van der Waals surface area contributed by atoms with E-state index in [-0.39, 0.29) is 17.7 Å². The van der Waals surface area contributed by atoms with Crippen LogP contribution in [0.15, 0.2) is 42.6 Å². The fourth-order valence-corrected chi connectivity index (χ4v) is 3.32. The SMILES string of the molecule is COc1ccc(C(=O)N2CCC(C(=O)NCc3ccccn3)CC2)cc1OC. The first-order valence-electron chi connectivity index (χ1n) is 9.31. The molecule has 1 fully saturated rings. The number of pyridine rings is 1. The van der Waals surface area contributed by atoms with Gasteiger partial charge in [0.25, 0.3) is 5.91 Å². The molecule has 2 heterocycles. The van der Waals surface area contributed by atoms with Crippen molar-refractivity contribution in [1.29, 1.82) is 0 Å². The van der Waals surface area contributed by atoms with Gasteiger partial charge in [-0.15, -0.1) is 0 Å². The van der Waals surface area contributed by atoms with E-state index in [2.05, 4.69) is 10.3 Å². The zero-order valence-electron chi connectivity index (χ0n) is 16.2. The molecule has 0 spiro atoms. The van der Waals surface area contributed by atoms with Crippen LogP contribution in [-0.4, -0.2) is 49.0 Å².